The van der Waals surface area contributed by atoms with E-state index in [-0.39, 0.29) is 34.4 Å². The van der Waals surface area contributed by atoms with Gasteiger partial charge in [0.1, 0.15) is 0 Å². The highest BCUT2D eigenvalue weighted by Crippen LogP contribution is 2.70. The molecule has 0 aromatic heterocycles. The third kappa shape index (κ3) is 4.23. The fraction of sp³-hybridized carbons (Fsp3) is 0.368. The Morgan fingerprint density at radius 3 is 2.26 bits per heavy atom. The lowest BCUT2D eigenvalue weighted by Gasteiger charge is -2.67. The summed E-state index contributed by atoms with van der Waals surface area (Å²) in [5, 5.41) is 0. The maximum atomic E-state index is 2.99. The fourth-order valence-electron chi connectivity index (χ4n) is 15.2. The van der Waals surface area contributed by atoms with Crippen LogP contribution in [-0.4, -0.2) is 35.8 Å². The zero-order chi connectivity index (χ0) is 41.6. The molecule has 0 radical (unpaired) electrons. The molecule has 4 nitrogen and oxygen atoms in total. The van der Waals surface area contributed by atoms with E-state index in [1.54, 1.807) is 22.4 Å². The largest absolute Gasteiger partial charge is 0.354 e. The molecule has 0 spiro atoms. The molecule has 0 bridgehead atoms. The van der Waals surface area contributed by atoms with Crippen molar-refractivity contribution >= 4 is 29.5 Å². The third-order valence-corrected chi connectivity index (χ3v) is 18.0. The fourth-order valence-corrected chi connectivity index (χ4v) is 15.2. The minimum absolute atomic E-state index is 0.00893. The summed E-state index contributed by atoms with van der Waals surface area (Å²) in [5.41, 5.74) is 20.7. The number of fused-ring (bicyclic) bond motifs is 2. The van der Waals surface area contributed by atoms with Crippen molar-refractivity contribution in [2.75, 3.05) is 14.7 Å². The Labute approximate surface area is 368 Å². The Balaban J connectivity index is 1.07. The van der Waals surface area contributed by atoms with E-state index in [4.69, 9.17) is 0 Å². The van der Waals surface area contributed by atoms with Crippen LogP contribution < -0.4 is 14.7 Å². The van der Waals surface area contributed by atoms with Gasteiger partial charge in [0.05, 0.1) is 52.6 Å². The number of benzene rings is 2. The van der Waals surface area contributed by atoms with Crippen molar-refractivity contribution in [1.82, 2.24) is 4.90 Å². The number of piperidine rings is 1. The number of rotatable bonds is 3. The molecular weight excluding hydrogens is 751 g/mol. The lowest BCUT2D eigenvalue weighted by Crippen LogP contribution is -2.66. The van der Waals surface area contributed by atoms with E-state index in [0.29, 0.717) is 30.3 Å². The first-order valence-electron chi connectivity index (χ1n) is 23.9. The maximum Gasteiger partial charge on any atom is 0.190 e. The number of hydrogen-bond donors (Lipinski definition) is 0. The van der Waals surface area contributed by atoms with Crippen LogP contribution in [0, 0.1) is 11.3 Å². The first-order valence-corrected chi connectivity index (χ1v) is 23.9. The number of anilines is 4. The Morgan fingerprint density at radius 1 is 0.629 bits per heavy atom. The highest BCUT2D eigenvalue weighted by molar-refractivity contribution is 6.72. The standard InChI is InChI=1S/C57H57BN4/c1-55(2)37-22-13-15-26-45(37)60(46-27-16-14-23-38(46)55)36-32-42-50-48(33-36)59(35-20-11-8-12-21-35)47-31-29-41-52-54(47)62(50)51-40(57(42,5)6)28-30-44-53(51)61(52)49-39(56(41,3)4)24-17-25-43(49)58(44)34-18-9-7-10-19-34/h7-18,20,22-26,28-29,32-35,39,44,46-47,49H,19,21,27,30-31H2,1-6H3. The average Bonchev–Trinajstić information content (AvgIpc) is 3.29. The van der Waals surface area contributed by atoms with Gasteiger partial charge in [0.25, 0.3) is 0 Å². The molecule has 6 aliphatic heterocycles. The van der Waals surface area contributed by atoms with Crippen LogP contribution in [0.15, 0.2) is 179 Å². The topological polar surface area (TPSA) is 13.0 Å². The molecule has 0 N–H and O–H groups in total. The van der Waals surface area contributed by atoms with Crippen LogP contribution in [0.1, 0.15) is 84.8 Å². The zero-order valence-electron chi connectivity index (χ0n) is 37.1. The van der Waals surface area contributed by atoms with Gasteiger partial charge in [-0.15, -0.1) is 0 Å². The number of hydrogen-bond acceptors (Lipinski definition) is 4. The van der Waals surface area contributed by atoms with Crippen molar-refractivity contribution in [3.05, 3.63) is 190 Å². The highest BCUT2D eigenvalue weighted by Gasteiger charge is 2.64. The van der Waals surface area contributed by atoms with Crippen molar-refractivity contribution in [1.29, 1.82) is 0 Å². The Morgan fingerprint density at radius 2 is 1.44 bits per heavy atom. The van der Waals surface area contributed by atoms with Crippen LogP contribution in [-0.2, 0) is 10.8 Å². The first kappa shape index (κ1) is 36.1. The molecule has 6 heterocycles. The Bertz CT molecular complexity index is 2840. The summed E-state index contributed by atoms with van der Waals surface area (Å²) < 4.78 is 0. The first-order chi connectivity index (χ1) is 30.1. The molecule has 5 heteroatoms. The molecule has 2 aromatic rings. The number of para-hydroxylation sites is 1. The maximum absolute atomic E-state index is 2.99. The predicted molar refractivity (Wildman–Crippen MR) is 258 cm³/mol. The van der Waals surface area contributed by atoms with Crippen molar-refractivity contribution in [2.45, 2.75) is 120 Å². The molecule has 62 heavy (non-hydrogen) atoms. The van der Waals surface area contributed by atoms with E-state index in [1.807, 2.05) is 0 Å². The molecule has 0 saturated carbocycles. The lowest BCUT2D eigenvalue weighted by molar-refractivity contribution is 0.138. The second-order valence-corrected chi connectivity index (χ2v) is 21.8. The van der Waals surface area contributed by atoms with Gasteiger partial charge in [0.15, 0.2) is 6.71 Å². The van der Waals surface area contributed by atoms with E-state index in [1.165, 1.54) is 56.4 Å². The van der Waals surface area contributed by atoms with E-state index in [9.17, 15) is 0 Å². The molecule has 7 atom stereocenters. The van der Waals surface area contributed by atoms with E-state index >= 15 is 0 Å². The molecule has 2 aromatic carbocycles. The minimum Gasteiger partial charge on any atom is -0.354 e. The molecule has 308 valence electrons. The van der Waals surface area contributed by atoms with Crippen molar-refractivity contribution in [2.24, 2.45) is 11.3 Å². The van der Waals surface area contributed by atoms with Gasteiger partial charge in [-0.1, -0.05) is 162 Å². The van der Waals surface area contributed by atoms with Crippen LogP contribution >= 0.6 is 0 Å². The zero-order valence-corrected chi connectivity index (χ0v) is 37.1. The van der Waals surface area contributed by atoms with Gasteiger partial charge < -0.3 is 19.6 Å². The van der Waals surface area contributed by atoms with Crippen molar-refractivity contribution in [3.8, 4) is 0 Å². The molecule has 2 fully saturated rings. The summed E-state index contributed by atoms with van der Waals surface area (Å²) in [4.78, 5) is 11.6. The highest BCUT2D eigenvalue weighted by atomic mass is 15.4. The second-order valence-electron chi connectivity index (χ2n) is 21.8. The van der Waals surface area contributed by atoms with Crippen LogP contribution in [0.5, 0.6) is 0 Å². The van der Waals surface area contributed by atoms with Crippen LogP contribution in [0.4, 0.5) is 22.7 Å². The van der Waals surface area contributed by atoms with Gasteiger partial charge in [-0.05, 0) is 89.8 Å². The normalized spacial score (nSPS) is 33.3. The van der Waals surface area contributed by atoms with E-state index < -0.39 is 0 Å². The molecular formula is C57H57BN4. The Hall–Kier alpha value is -5.42. The van der Waals surface area contributed by atoms with Gasteiger partial charge in [-0.25, -0.2) is 0 Å². The van der Waals surface area contributed by atoms with Gasteiger partial charge >= 0.3 is 0 Å². The molecule has 12 aliphatic rings. The smallest absolute Gasteiger partial charge is 0.190 e. The monoisotopic (exact) mass is 808 g/mol. The summed E-state index contributed by atoms with van der Waals surface area (Å²) >= 11 is 0. The van der Waals surface area contributed by atoms with Gasteiger partial charge in [0, 0.05) is 39.2 Å². The predicted octanol–water partition coefficient (Wildman–Crippen LogP) is 12.8. The molecule has 7 unspecified atom stereocenters. The second kappa shape index (κ2) is 12.0. The van der Waals surface area contributed by atoms with Crippen molar-refractivity contribution in [3.63, 3.8) is 0 Å². The summed E-state index contributed by atoms with van der Waals surface area (Å²) in [5.74, 6) is 1.33. The lowest BCUT2D eigenvalue weighted by atomic mass is 9.24. The third-order valence-electron chi connectivity index (χ3n) is 18.0. The summed E-state index contributed by atoms with van der Waals surface area (Å²) in [6.07, 6.45) is 44.4. The van der Waals surface area contributed by atoms with Crippen LogP contribution in [0.25, 0.3) is 0 Å². The van der Waals surface area contributed by atoms with Gasteiger partial charge in [-0.3, -0.25) is 0 Å². The quantitative estimate of drug-likeness (QED) is 0.286. The van der Waals surface area contributed by atoms with Gasteiger partial charge in [-0.2, -0.15) is 0 Å². The number of nitrogens with zero attached hydrogens (tertiary/aromatic N) is 4. The van der Waals surface area contributed by atoms with E-state index in [2.05, 4.69) is 195 Å². The summed E-state index contributed by atoms with van der Waals surface area (Å²) in [6, 6.07) is 15.7. The van der Waals surface area contributed by atoms with Crippen LogP contribution in [0.3, 0.4) is 0 Å². The molecule has 2 saturated heterocycles. The van der Waals surface area contributed by atoms with Gasteiger partial charge in [0.2, 0.25) is 0 Å². The average molecular weight is 809 g/mol. The van der Waals surface area contributed by atoms with Crippen molar-refractivity contribution < 1.29 is 0 Å². The molecule has 14 rings (SSSR count). The SMILES string of the molecule is CC1(C)C2=CC=CCC2N(c2cc3c4c(c2)C(C)(C)C2=CCC5B(C6C=CC=CC6)C6=CC=CC7C6N6C8=C(C(CC=C8C7(C)C)N3C3C=CC=CC3)N4C2=C56)c2ccccc21. The summed E-state index contributed by atoms with van der Waals surface area (Å²) in [7, 11) is 0. The number of allylic oxidation sites excluding steroid dienone is 14. The molecule has 6 aliphatic carbocycles. The molecule has 0 amide bonds. The summed E-state index contributed by atoms with van der Waals surface area (Å²) in [6.45, 7) is 15.6. The van der Waals surface area contributed by atoms with E-state index in [0.717, 1.165) is 32.1 Å². The minimum atomic E-state index is -0.212. The van der Waals surface area contributed by atoms with Crippen LogP contribution in [0.2, 0.25) is 11.6 Å². The Kier molecular flexibility index (Phi) is 6.98.